The summed E-state index contributed by atoms with van der Waals surface area (Å²) in [6.07, 6.45) is -11.1. The van der Waals surface area contributed by atoms with E-state index in [9.17, 15) is 31.4 Å². The lowest BCUT2D eigenvalue weighted by atomic mass is 9.79. The molecule has 0 saturated heterocycles. The molecule has 1 N–H and O–H groups in total. The number of hydrogen-bond donors (Lipinski definition) is 1. The Bertz CT molecular complexity index is 528. The minimum Gasteiger partial charge on any atom is -0.395 e. The molecule has 0 bridgehead atoms. The lowest BCUT2D eigenvalue weighted by Gasteiger charge is -2.25. The van der Waals surface area contributed by atoms with E-state index in [4.69, 9.17) is 5.26 Å². The zero-order valence-corrected chi connectivity index (χ0v) is 11.3. The molecular weight excluding hydrogens is 312 g/mol. The fourth-order valence-corrected chi connectivity index (χ4v) is 1.94. The third kappa shape index (κ3) is 5.22. The van der Waals surface area contributed by atoms with Crippen molar-refractivity contribution in [2.24, 2.45) is 5.41 Å². The van der Waals surface area contributed by atoms with Crippen molar-refractivity contribution in [3.8, 4) is 6.07 Å². The van der Waals surface area contributed by atoms with Crippen molar-refractivity contribution < 1.29 is 31.4 Å². The van der Waals surface area contributed by atoms with Crippen LogP contribution in [-0.4, -0.2) is 17.9 Å². The van der Waals surface area contributed by atoms with Crippen LogP contribution in [0.4, 0.5) is 26.3 Å². The van der Waals surface area contributed by atoms with E-state index in [2.05, 4.69) is 0 Å². The fourth-order valence-electron chi connectivity index (χ4n) is 1.94. The molecule has 22 heavy (non-hydrogen) atoms. The Balaban J connectivity index is 2.90. The molecule has 8 heteroatoms. The van der Waals surface area contributed by atoms with Crippen LogP contribution in [0.15, 0.2) is 24.3 Å². The quantitative estimate of drug-likeness (QED) is 0.829. The first-order valence-corrected chi connectivity index (χ1v) is 6.26. The SMILES string of the molecule is N#CC(CO)(CCC(F)(F)F)Cc1ccc(C(F)(F)F)cc1. The average molecular weight is 325 g/mol. The summed E-state index contributed by atoms with van der Waals surface area (Å²) in [5.74, 6) is 0. The van der Waals surface area contributed by atoms with Gasteiger partial charge in [0, 0.05) is 6.42 Å². The van der Waals surface area contributed by atoms with Crippen molar-refractivity contribution in [3.63, 3.8) is 0 Å². The fraction of sp³-hybridized carbons (Fsp3) is 0.500. The highest BCUT2D eigenvalue weighted by molar-refractivity contribution is 5.26. The topological polar surface area (TPSA) is 44.0 Å². The second kappa shape index (κ2) is 6.57. The number of nitrogens with zero attached hydrogens (tertiary/aromatic N) is 1. The number of aliphatic hydroxyl groups is 1. The maximum absolute atomic E-state index is 12.4. The van der Waals surface area contributed by atoms with Gasteiger partial charge in [-0.2, -0.15) is 31.6 Å². The monoisotopic (exact) mass is 325 g/mol. The number of hydrogen-bond acceptors (Lipinski definition) is 2. The van der Waals surface area contributed by atoms with Gasteiger partial charge < -0.3 is 5.11 Å². The van der Waals surface area contributed by atoms with Gasteiger partial charge >= 0.3 is 12.4 Å². The molecule has 1 atom stereocenters. The van der Waals surface area contributed by atoms with Gasteiger partial charge in [0.15, 0.2) is 0 Å². The molecule has 1 rings (SSSR count). The molecule has 0 heterocycles. The number of benzene rings is 1. The van der Waals surface area contributed by atoms with Gasteiger partial charge in [-0.15, -0.1) is 0 Å². The number of alkyl halides is 6. The van der Waals surface area contributed by atoms with Crippen LogP contribution >= 0.6 is 0 Å². The Kier molecular flexibility index (Phi) is 5.46. The minimum atomic E-state index is -4.52. The summed E-state index contributed by atoms with van der Waals surface area (Å²) in [6, 6.07) is 5.43. The summed E-state index contributed by atoms with van der Waals surface area (Å²) in [6.45, 7) is -0.805. The second-order valence-electron chi connectivity index (χ2n) is 5.04. The molecule has 0 aliphatic carbocycles. The molecule has 1 aromatic rings. The van der Waals surface area contributed by atoms with E-state index >= 15 is 0 Å². The third-order valence-corrected chi connectivity index (χ3v) is 3.25. The van der Waals surface area contributed by atoms with E-state index in [-0.39, 0.29) is 12.0 Å². The van der Waals surface area contributed by atoms with E-state index in [1.165, 1.54) is 0 Å². The van der Waals surface area contributed by atoms with Crippen molar-refractivity contribution in [1.29, 1.82) is 5.26 Å². The van der Waals surface area contributed by atoms with E-state index in [0.29, 0.717) is 0 Å². The minimum absolute atomic E-state index is 0.255. The first kappa shape index (κ1) is 18.3. The van der Waals surface area contributed by atoms with Crippen LogP contribution in [-0.2, 0) is 12.6 Å². The van der Waals surface area contributed by atoms with E-state index in [0.717, 1.165) is 24.3 Å². The van der Waals surface area contributed by atoms with Crippen molar-refractivity contribution in [2.75, 3.05) is 6.61 Å². The Labute approximate surface area is 123 Å². The maximum Gasteiger partial charge on any atom is 0.416 e. The van der Waals surface area contributed by atoms with Gasteiger partial charge in [-0.05, 0) is 30.5 Å². The average Bonchev–Trinajstić information content (AvgIpc) is 2.42. The van der Waals surface area contributed by atoms with Gasteiger partial charge in [0.2, 0.25) is 0 Å². The molecule has 122 valence electrons. The second-order valence-corrected chi connectivity index (χ2v) is 5.04. The zero-order valence-electron chi connectivity index (χ0n) is 11.3. The molecular formula is C14H13F6NO. The van der Waals surface area contributed by atoms with E-state index in [1.54, 1.807) is 6.07 Å². The van der Waals surface area contributed by atoms with Crippen LogP contribution in [0.5, 0.6) is 0 Å². The lowest BCUT2D eigenvalue weighted by molar-refractivity contribution is -0.140. The summed E-state index contributed by atoms with van der Waals surface area (Å²) in [5.41, 5.74) is -2.31. The van der Waals surface area contributed by atoms with E-state index < -0.39 is 42.8 Å². The molecule has 0 aliphatic heterocycles. The largest absolute Gasteiger partial charge is 0.416 e. The molecule has 2 nitrogen and oxygen atoms in total. The van der Waals surface area contributed by atoms with Crippen LogP contribution in [0.2, 0.25) is 0 Å². The van der Waals surface area contributed by atoms with Crippen molar-refractivity contribution >= 4 is 0 Å². The molecule has 1 unspecified atom stereocenters. The summed E-state index contributed by atoms with van der Waals surface area (Å²) in [4.78, 5) is 0. The standard InChI is InChI=1S/C14H13F6NO/c15-13(16,17)6-5-12(8-21,9-22)7-10-1-3-11(4-2-10)14(18,19)20/h1-4,22H,5-7,9H2. The van der Waals surface area contributed by atoms with Crippen LogP contribution in [0.3, 0.4) is 0 Å². The van der Waals surface area contributed by atoms with Gasteiger partial charge in [0.1, 0.15) is 0 Å². The third-order valence-electron chi connectivity index (χ3n) is 3.25. The van der Waals surface area contributed by atoms with Gasteiger partial charge in [-0.1, -0.05) is 12.1 Å². The number of halogens is 6. The Morgan fingerprint density at radius 2 is 1.50 bits per heavy atom. The number of nitriles is 1. The van der Waals surface area contributed by atoms with Crippen molar-refractivity contribution in [2.45, 2.75) is 31.6 Å². The molecule has 0 saturated carbocycles. The van der Waals surface area contributed by atoms with Crippen LogP contribution in [0.25, 0.3) is 0 Å². The predicted molar refractivity (Wildman–Crippen MR) is 65.6 cm³/mol. The summed E-state index contributed by atoms with van der Waals surface area (Å²) in [5, 5.41) is 18.3. The Hall–Kier alpha value is -1.75. The van der Waals surface area contributed by atoms with Gasteiger partial charge in [-0.25, -0.2) is 0 Å². The molecule has 0 radical (unpaired) electrons. The molecule has 0 aliphatic rings. The zero-order chi connectivity index (χ0) is 17.0. The van der Waals surface area contributed by atoms with Crippen LogP contribution < -0.4 is 0 Å². The molecule has 0 amide bonds. The molecule has 0 spiro atoms. The van der Waals surface area contributed by atoms with Crippen molar-refractivity contribution in [1.82, 2.24) is 0 Å². The highest BCUT2D eigenvalue weighted by Gasteiger charge is 2.37. The van der Waals surface area contributed by atoms with Crippen LogP contribution in [0.1, 0.15) is 24.0 Å². The number of rotatable bonds is 5. The highest BCUT2D eigenvalue weighted by atomic mass is 19.4. The normalized spacial score (nSPS) is 15.2. The lowest BCUT2D eigenvalue weighted by Crippen LogP contribution is -2.28. The maximum atomic E-state index is 12.4. The summed E-state index contributed by atoms with van der Waals surface area (Å²) in [7, 11) is 0. The highest BCUT2D eigenvalue weighted by Crippen LogP contribution is 2.34. The van der Waals surface area contributed by atoms with Crippen LogP contribution in [0, 0.1) is 16.7 Å². The van der Waals surface area contributed by atoms with Gasteiger partial charge in [0.25, 0.3) is 0 Å². The smallest absolute Gasteiger partial charge is 0.395 e. The first-order chi connectivity index (χ1) is 10.0. The Morgan fingerprint density at radius 1 is 0.955 bits per heavy atom. The predicted octanol–water partition coefficient (Wildman–Crippen LogP) is 4.09. The summed E-state index contributed by atoms with van der Waals surface area (Å²) < 4.78 is 74.1. The molecule has 1 aromatic carbocycles. The van der Waals surface area contributed by atoms with Gasteiger partial charge in [-0.3, -0.25) is 0 Å². The molecule has 0 fully saturated rings. The summed E-state index contributed by atoms with van der Waals surface area (Å²) >= 11 is 0. The Morgan fingerprint density at radius 3 is 1.86 bits per heavy atom. The molecule has 0 aromatic heterocycles. The first-order valence-electron chi connectivity index (χ1n) is 6.26. The van der Waals surface area contributed by atoms with E-state index in [1.807, 2.05) is 0 Å². The van der Waals surface area contributed by atoms with Gasteiger partial charge in [0.05, 0.1) is 23.7 Å². The number of aliphatic hydroxyl groups excluding tert-OH is 1. The van der Waals surface area contributed by atoms with Crippen molar-refractivity contribution in [3.05, 3.63) is 35.4 Å².